The van der Waals surface area contributed by atoms with Gasteiger partial charge in [0, 0.05) is 6.42 Å². The standard InChI is InChI=1S/C10H20N4O12P2/c11-5(4-26-28(23,24)25)9(18)13-6(10(19)12-3-8(16)17)1-2-7(15)14-27(20,21)22/h5-6H,1-4,11H2,(H,12,19)(H,13,18)(H,16,17)(H2,23,24,25)(H3,14,15,20,21,22)/t5-,6-/m0/s1. The molecule has 0 radical (unpaired) electrons. The summed E-state index contributed by atoms with van der Waals surface area (Å²) < 4.78 is 25.3. The predicted molar refractivity (Wildman–Crippen MR) is 88.0 cm³/mol. The van der Waals surface area contributed by atoms with Gasteiger partial charge in [-0.1, -0.05) is 0 Å². The number of aliphatic carboxylic acids is 1. The first-order valence-corrected chi connectivity index (χ1v) is 10.4. The maximum atomic E-state index is 11.9. The third kappa shape index (κ3) is 13.3. The summed E-state index contributed by atoms with van der Waals surface area (Å²) in [5.41, 5.74) is 5.35. The van der Waals surface area contributed by atoms with Crippen molar-refractivity contribution in [1.29, 1.82) is 0 Å². The molecule has 0 rings (SSSR count). The van der Waals surface area contributed by atoms with E-state index >= 15 is 0 Å². The lowest BCUT2D eigenvalue weighted by Gasteiger charge is -2.20. The highest BCUT2D eigenvalue weighted by Crippen LogP contribution is 2.35. The van der Waals surface area contributed by atoms with Crippen molar-refractivity contribution < 1.29 is 57.5 Å². The van der Waals surface area contributed by atoms with Crippen LogP contribution in [0.1, 0.15) is 12.8 Å². The number of phosphoric acid groups is 1. The number of hydrogen-bond acceptors (Lipinski definition) is 8. The van der Waals surface area contributed by atoms with Crippen LogP contribution < -0.4 is 21.5 Å². The smallest absolute Gasteiger partial charge is 0.469 e. The molecule has 0 fully saturated rings. The molecule has 10 N–H and O–H groups in total. The Bertz CT molecular complexity index is 688. The molecule has 162 valence electrons. The first-order valence-electron chi connectivity index (χ1n) is 7.23. The van der Waals surface area contributed by atoms with Crippen LogP contribution in [0.15, 0.2) is 0 Å². The number of nitrogens with two attached hydrogens (primary N) is 1. The van der Waals surface area contributed by atoms with E-state index in [9.17, 15) is 28.3 Å². The molecule has 0 bridgehead atoms. The molecule has 0 heterocycles. The number of rotatable bonds is 12. The van der Waals surface area contributed by atoms with Gasteiger partial charge in [0.25, 0.3) is 0 Å². The largest absolute Gasteiger partial charge is 0.480 e. The molecule has 0 aliphatic rings. The molecule has 18 heteroatoms. The van der Waals surface area contributed by atoms with Gasteiger partial charge in [0.1, 0.15) is 18.6 Å². The fraction of sp³-hybridized carbons (Fsp3) is 0.600. The van der Waals surface area contributed by atoms with Gasteiger partial charge in [-0.15, -0.1) is 0 Å². The van der Waals surface area contributed by atoms with Crippen LogP contribution in [0, 0.1) is 0 Å². The highest BCUT2D eigenvalue weighted by Gasteiger charge is 2.27. The molecule has 0 unspecified atom stereocenters. The Morgan fingerprint density at radius 1 is 1.04 bits per heavy atom. The van der Waals surface area contributed by atoms with E-state index in [1.54, 1.807) is 0 Å². The van der Waals surface area contributed by atoms with Crippen LogP contribution in [-0.2, 0) is 32.8 Å². The Hall–Kier alpha value is -1.90. The summed E-state index contributed by atoms with van der Waals surface area (Å²) in [6.45, 7) is -1.74. The molecule has 0 saturated heterocycles. The average Bonchev–Trinajstić information content (AvgIpc) is 2.51. The van der Waals surface area contributed by atoms with Crippen LogP contribution in [0.2, 0.25) is 0 Å². The van der Waals surface area contributed by atoms with Crippen LogP contribution >= 0.6 is 15.6 Å². The molecule has 0 saturated carbocycles. The van der Waals surface area contributed by atoms with Crippen LogP contribution in [0.5, 0.6) is 0 Å². The van der Waals surface area contributed by atoms with Gasteiger partial charge in [0.05, 0.1) is 6.61 Å². The minimum Gasteiger partial charge on any atom is -0.480 e. The second-order valence-corrected chi connectivity index (χ2v) is 7.73. The van der Waals surface area contributed by atoms with Crippen molar-refractivity contribution in [2.24, 2.45) is 5.73 Å². The second kappa shape index (κ2) is 11.2. The van der Waals surface area contributed by atoms with Crippen LogP contribution in [0.3, 0.4) is 0 Å². The molecule has 0 aromatic carbocycles. The minimum atomic E-state index is -4.91. The normalized spacial score (nSPS) is 13.9. The Morgan fingerprint density at radius 3 is 2.07 bits per heavy atom. The van der Waals surface area contributed by atoms with Crippen molar-refractivity contribution in [2.45, 2.75) is 24.9 Å². The summed E-state index contributed by atoms with van der Waals surface area (Å²) in [5, 5.41) is 13.8. The SMILES string of the molecule is N[C@@H](COP(=O)(O)O)C(=O)N[C@@H](CCC(=O)NP(=O)(O)O)C(=O)NCC(=O)O. The number of nitrogens with one attached hydrogen (secondary N) is 3. The van der Waals surface area contributed by atoms with Gasteiger partial charge in [0.15, 0.2) is 0 Å². The highest BCUT2D eigenvalue weighted by atomic mass is 31.2. The third-order valence-electron chi connectivity index (χ3n) is 2.74. The maximum absolute atomic E-state index is 11.9. The van der Waals surface area contributed by atoms with Crippen molar-refractivity contribution in [3.8, 4) is 0 Å². The van der Waals surface area contributed by atoms with Gasteiger partial charge in [-0.25, -0.2) is 9.13 Å². The molecular weight excluding hydrogens is 430 g/mol. The fourth-order valence-electron chi connectivity index (χ4n) is 1.58. The van der Waals surface area contributed by atoms with E-state index in [4.69, 9.17) is 30.4 Å². The second-order valence-electron chi connectivity index (χ2n) is 5.18. The molecule has 2 atom stereocenters. The molecule has 0 aliphatic carbocycles. The summed E-state index contributed by atoms with van der Waals surface area (Å²) in [5.74, 6) is -4.75. The zero-order valence-corrected chi connectivity index (χ0v) is 15.8. The molecule has 0 aliphatic heterocycles. The first-order chi connectivity index (χ1) is 12.6. The lowest BCUT2D eigenvalue weighted by Crippen LogP contribution is -2.53. The fourth-order valence-corrected chi connectivity index (χ4v) is 2.37. The van der Waals surface area contributed by atoms with E-state index in [0.717, 1.165) is 0 Å². The first kappa shape index (κ1) is 26.1. The van der Waals surface area contributed by atoms with Crippen molar-refractivity contribution in [1.82, 2.24) is 15.7 Å². The molecular formula is C10H20N4O12P2. The number of phosphoric ester groups is 1. The average molecular weight is 450 g/mol. The number of amides is 3. The number of carboxylic acid groups (broad SMARTS) is 1. The molecule has 0 spiro atoms. The van der Waals surface area contributed by atoms with Crippen molar-refractivity contribution >= 4 is 39.3 Å². The Balaban J connectivity index is 4.96. The van der Waals surface area contributed by atoms with Crippen molar-refractivity contribution in [3.05, 3.63) is 0 Å². The molecule has 16 nitrogen and oxygen atoms in total. The lowest BCUT2D eigenvalue weighted by molar-refractivity contribution is -0.138. The van der Waals surface area contributed by atoms with E-state index in [1.165, 1.54) is 5.09 Å². The van der Waals surface area contributed by atoms with Crippen molar-refractivity contribution in [2.75, 3.05) is 13.2 Å². The van der Waals surface area contributed by atoms with E-state index in [0.29, 0.717) is 0 Å². The van der Waals surface area contributed by atoms with E-state index in [2.05, 4.69) is 4.52 Å². The predicted octanol–water partition coefficient (Wildman–Crippen LogP) is -3.90. The Morgan fingerprint density at radius 2 is 1.61 bits per heavy atom. The van der Waals surface area contributed by atoms with Crippen LogP contribution in [-0.4, -0.2) is 73.6 Å². The third-order valence-corrected chi connectivity index (χ3v) is 3.76. The van der Waals surface area contributed by atoms with Gasteiger partial charge < -0.3 is 41.0 Å². The van der Waals surface area contributed by atoms with Crippen molar-refractivity contribution in [3.63, 3.8) is 0 Å². The Labute approximate surface area is 157 Å². The summed E-state index contributed by atoms with van der Waals surface area (Å²) in [6.07, 6.45) is -1.15. The molecule has 0 aromatic heterocycles. The van der Waals surface area contributed by atoms with Gasteiger partial charge in [0.2, 0.25) is 17.7 Å². The minimum absolute atomic E-state index is 0.505. The van der Waals surface area contributed by atoms with Gasteiger partial charge in [-0.05, 0) is 6.42 Å². The summed E-state index contributed by atoms with van der Waals surface area (Å²) in [6, 6.07) is -3.18. The number of carboxylic acids is 1. The van der Waals surface area contributed by atoms with Crippen LogP contribution in [0.25, 0.3) is 0 Å². The number of carbonyl (C=O) groups excluding carboxylic acids is 3. The summed E-state index contributed by atoms with van der Waals surface area (Å²) in [4.78, 5) is 80.1. The molecule has 28 heavy (non-hydrogen) atoms. The Kier molecular flexibility index (Phi) is 10.4. The van der Waals surface area contributed by atoms with E-state index in [1.807, 2.05) is 10.6 Å². The maximum Gasteiger partial charge on any atom is 0.469 e. The van der Waals surface area contributed by atoms with Gasteiger partial charge >= 0.3 is 21.5 Å². The quantitative estimate of drug-likeness (QED) is 0.129. The van der Waals surface area contributed by atoms with Gasteiger partial charge in [-0.3, -0.25) is 28.8 Å². The van der Waals surface area contributed by atoms with E-state index in [-0.39, 0.29) is 0 Å². The number of hydrogen-bond donors (Lipinski definition) is 9. The summed E-state index contributed by atoms with van der Waals surface area (Å²) >= 11 is 0. The molecule has 3 amide bonds. The van der Waals surface area contributed by atoms with E-state index < -0.39 is 77.3 Å². The lowest BCUT2D eigenvalue weighted by atomic mass is 10.1. The van der Waals surface area contributed by atoms with Crippen LogP contribution in [0.4, 0.5) is 0 Å². The van der Waals surface area contributed by atoms with Gasteiger partial charge in [-0.2, -0.15) is 0 Å². The highest BCUT2D eigenvalue weighted by molar-refractivity contribution is 7.50. The molecule has 0 aromatic rings. The zero-order valence-electron chi connectivity index (χ0n) is 14.0. The monoisotopic (exact) mass is 450 g/mol. The summed E-state index contributed by atoms with van der Waals surface area (Å²) in [7, 11) is -9.79. The topological polar surface area (TPSA) is 275 Å². The zero-order chi connectivity index (χ0) is 22.1. The number of carbonyl (C=O) groups is 4.